The van der Waals surface area contributed by atoms with E-state index in [1.807, 2.05) is 0 Å². The Hall–Kier alpha value is -0.710. The Balaban J connectivity index is 2.28. The lowest BCUT2D eigenvalue weighted by Gasteiger charge is -2.06. The van der Waals surface area contributed by atoms with E-state index < -0.39 is 0 Å². The summed E-state index contributed by atoms with van der Waals surface area (Å²) in [6.45, 7) is 0. The molecule has 62 valence electrons. The predicted octanol–water partition coefficient (Wildman–Crippen LogP) is -0.688. The second-order valence-corrected chi connectivity index (χ2v) is 3.44. The lowest BCUT2D eigenvalue weighted by Crippen LogP contribution is -2.30. The molecule has 1 fully saturated rings. The number of rotatable bonds is 2. The normalized spacial score (nSPS) is 23.0. The number of hydrogen-bond acceptors (Lipinski definition) is 3. The lowest BCUT2D eigenvalue weighted by atomic mass is 10.4. The van der Waals surface area contributed by atoms with Crippen LogP contribution in [0.5, 0.6) is 0 Å². The fourth-order valence-electron chi connectivity index (χ4n) is 0.820. The zero-order valence-electron chi connectivity index (χ0n) is 6.22. The molecule has 0 aromatic rings. The number of carbonyl (C=O) groups excluding carboxylic acids is 2. The Kier molecular flexibility index (Phi) is 2.76. The fourth-order valence-corrected chi connectivity index (χ4v) is 1.74. The zero-order valence-corrected chi connectivity index (χ0v) is 7.03. The zero-order chi connectivity index (χ0) is 8.27. The third-order valence-electron chi connectivity index (χ3n) is 1.39. The van der Waals surface area contributed by atoms with Crippen LogP contribution in [0, 0.1) is 0 Å². The van der Waals surface area contributed by atoms with E-state index in [1.165, 1.54) is 11.8 Å². The van der Waals surface area contributed by atoms with E-state index in [9.17, 15) is 9.59 Å². The van der Waals surface area contributed by atoms with Gasteiger partial charge in [0.15, 0.2) is 0 Å². The molecule has 11 heavy (non-hydrogen) atoms. The molecule has 0 aromatic carbocycles. The third kappa shape index (κ3) is 2.42. The van der Waals surface area contributed by atoms with Crippen LogP contribution in [-0.4, -0.2) is 30.0 Å². The molecule has 2 N–H and O–H groups in total. The average Bonchev–Trinajstić information content (AvgIpc) is 2.35. The van der Waals surface area contributed by atoms with E-state index in [0.29, 0.717) is 12.2 Å². The van der Waals surface area contributed by atoms with Crippen LogP contribution in [0.25, 0.3) is 0 Å². The molecule has 2 amide bonds. The van der Waals surface area contributed by atoms with Gasteiger partial charge in [-0.15, -0.1) is 11.8 Å². The van der Waals surface area contributed by atoms with Crippen molar-refractivity contribution in [3.63, 3.8) is 0 Å². The first-order valence-corrected chi connectivity index (χ1v) is 4.39. The molecule has 0 bridgehead atoms. The number of nitrogens with one attached hydrogen (secondary N) is 2. The van der Waals surface area contributed by atoms with Crippen LogP contribution in [-0.2, 0) is 9.59 Å². The predicted molar refractivity (Wildman–Crippen MR) is 43.1 cm³/mol. The van der Waals surface area contributed by atoms with E-state index in [1.54, 1.807) is 7.05 Å². The number of carbonyl (C=O) groups is 2. The summed E-state index contributed by atoms with van der Waals surface area (Å²) >= 11 is 1.47. The Morgan fingerprint density at radius 2 is 2.64 bits per heavy atom. The number of thioether (sulfide) groups is 1. The van der Waals surface area contributed by atoms with Gasteiger partial charge < -0.3 is 10.6 Å². The highest BCUT2D eigenvalue weighted by Crippen LogP contribution is 2.17. The highest BCUT2D eigenvalue weighted by molar-refractivity contribution is 8.01. The molecule has 1 saturated heterocycles. The minimum absolute atomic E-state index is 0.0175. The maximum atomic E-state index is 10.8. The summed E-state index contributed by atoms with van der Waals surface area (Å²) < 4.78 is 0. The van der Waals surface area contributed by atoms with Gasteiger partial charge in [-0.3, -0.25) is 9.59 Å². The second kappa shape index (κ2) is 3.61. The van der Waals surface area contributed by atoms with Crippen molar-refractivity contribution in [3.8, 4) is 0 Å². The molecule has 0 spiro atoms. The Morgan fingerprint density at radius 1 is 1.91 bits per heavy atom. The third-order valence-corrected chi connectivity index (χ3v) is 2.50. The first-order valence-electron chi connectivity index (χ1n) is 3.34. The molecular weight excluding hydrogens is 164 g/mol. The summed E-state index contributed by atoms with van der Waals surface area (Å²) in [5.41, 5.74) is 0. The van der Waals surface area contributed by atoms with Crippen LogP contribution < -0.4 is 10.6 Å². The van der Waals surface area contributed by atoms with E-state index in [-0.39, 0.29) is 17.2 Å². The monoisotopic (exact) mass is 174 g/mol. The van der Waals surface area contributed by atoms with Crippen molar-refractivity contribution < 1.29 is 9.59 Å². The molecule has 0 aliphatic carbocycles. The van der Waals surface area contributed by atoms with Gasteiger partial charge in [-0.05, 0) is 0 Å². The number of amides is 2. The molecule has 1 atom stereocenters. The SMILES string of the molecule is CNC(=O)CC1NC(=O)CS1. The van der Waals surface area contributed by atoms with E-state index in [4.69, 9.17) is 0 Å². The van der Waals surface area contributed by atoms with Gasteiger partial charge in [0, 0.05) is 7.05 Å². The topological polar surface area (TPSA) is 58.2 Å². The van der Waals surface area contributed by atoms with E-state index >= 15 is 0 Å². The molecule has 0 radical (unpaired) electrons. The Morgan fingerprint density at radius 3 is 3.09 bits per heavy atom. The van der Waals surface area contributed by atoms with Gasteiger partial charge >= 0.3 is 0 Å². The van der Waals surface area contributed by atoms with Crippen molar-refractivity contribution in [2.45, 2.75) is 11.8 Å². The van der Waals surface area contributed by atoms with Gasteiger partial charge in [0.25, 0.3) is 0 Å². The largest absolute Gasteiger partial charge is 0.359 e. The van der Waals surface area contributed by atoms with Crippen LogP contribution in [0.4, 0.5) is 0 Å². The van der Waals surface area contributed by atoms with Gasteiger partial charge in [-0.1, -0.05) is 0 Å². The average molecular weight is 174 g/mol. The van der Waals surface area contributed by atoms with Crippen LogP contribution in [0.2, 0.25) is 0 Å². The first-order chi connectivity index (χ1) is 5.22. The molecule has 1 unspecified atom stereocenters. The van der Waals surface area contributed by atoms with Crippen molar-refractivity contribution in [2.75, 3.05) is 12.8 Å². The minimum atomic E-state index is -0.0373. The Labute approximate surface area is 69.1 Å². The van der Waals surface area contributed by atoms with Gasteiger partial charge in [0.05, 0.1) is 17.5 Å². The summed E-state index contributed by atoms with van der Waals surface area (Å²) in [5.74, 6) is 0.454. The summed E-state index contributed by atoms with van der Waals surface area (Å²) in [6.07, 6.45) is 0.368. The van der Waals surface area contributed by atoms with E-state index in [2.05, 4.69) is 10.6 Å². The lowest BCUT2D eigenvalue weighted by molar-refractivity contribution is -0.121. The van der Waals surface area contributed by atoms with Crippen LogP contribution in [0.1, 0.15) is 6.42 Å². The van der Waals surface area contributed by atoms with Crippen LogP contribution in [0.3, 0.4) is 0 Å². The molecule has 5 heteroatoms. The van der Waals surface area contributed by atoms with Crippen LogP contribution >= 0.6 is 11.8 Å². The van der Waals surface area contributed by atoms with Crippen molar-refractivity contribution in [1.29, 1.82) is 0 Å². The first kappa shape index (κ1) is 8.39. The smallest absolute Gasteiger partial charge is 0.230 e. The molecule has 1 aliphatic heterocycles. The second-order valence-electron chi connectivity index (χ2n) is 2.24. The standard InChI is InChI=1S/C6H10N2O2S/c1-7-4(9)2-6-8-5(10)3-11-6/h6H,2-3H2,1H3,(H,7,9)(H,8,10). The summed E-state index contributed by atoms with van der Waals surface area (Å²) in [5, 5.41) is 5.16. The van der Waals surface area contributed by atoms with Crippen molar-refractivity contribution >= 4 is 23.6 Å². The maximum absolute atomic E-state index is 10.8. The molecule has 0 saturated carbocycles. The molecule has 1 aliphatic rings. The fraction of sp³-hybridized carbons (Fsp3) is 0.667. The quantitative estimate of drug-likeness (QED) is 0.582. The van der Waals surface area contributed by atoms with Gasteiger partial charge in [-0.2, -0.15) is 0 Å². The highest BCUT2D eigenvalue weighted by atomic mass is 32.2. The molecule has 4 nitrogen and oxygen atoms in total. The molecule has 0 aromatic heterocycles. The summed E-state index contributed by atoms with van der Waals surface area (Å²) in [7, 11) is 1.59. The van der Waals surface area contributed by atoms with Crippen molar-refractivity contribution in [1.82, 2.24) is 10.6 Å². The van der Waals surface area contributed by atoms with Crippen molar-refractivity contribution in [2.24, 2.45) is 0 Å². The molecule has 1 rings (SSSR count). The Bertz CT molecular complexity index is 183. The summed E-state index contributed by atoms with van der Waals surface area (Å²) in [4.78, 5) is 21.5. The summed E-state index contributed by atoms with van der Waals surface area (Å²) in [6, 6.07) is 0. The minimum Gasteiger partial charge on any atom is -0.359 e. The maximum Gasteiger partial charge on any atom is 0.230 e. The van der Waals surface area contributed by atoms with Gasteiger partial charge in [0.1, 0.15) is 0 Å². The highest BCUT2D eigenvalue weighted by Gasteiger charge is 2.22. The molecule has 1 heterocycles. The van der Waals surface area contributed by atoms with Crippen LogP contribution in [0.15, 0.2) is 0 Å². The van der Waals surface area contributed by atoms with Gasteiger partial charge in [-0.25, -0.2) is 0 Å². The van der Waals surface area contributed by atoms with E-state index in [0.717, 1.165) is 0 Å². The molecular formula is C6H10N2O2S. The van der Waals surface area contributed by atoms with Crippen molar-refractivity contribution in [3.05, 3.63) is 0 Å². The number of hydrogen-bond donors (Lipinski definition) is 2. The van der Waals surface area contributed by atoms with Gasteiger partial charge in [0.2, 0.25) is 11.8 Å².